The minimum absolute atomic E-state index is 0.00785. The number of hydrogen-bond donors (Lipinski definition) is 0. The molecule has 4 aromatic carbocycles. The summed E-state index contributed by atoms with van der Waals surface area (Å²) in [6, 6.07) is 36.2. The van der Waals surface area contributed by atoms with Crippen LogP contribution in [-0.2, 0) is 25.8 Å². The van der Waals surface area contributed by atoms with Gasteiger partial charge in [-0.2, -0.15) is 0 Å². The predicted octanol–water partition coefficient (Wildman–Crippen LogP) is 7.80. The molecular formula is C40H52OSi2. The minimum Gasteiger partial charge on any atom is -0.442 e. The van der Waals surface area contributed by atoms with Crippen LogP contribution >= 0.6 is 0 Å². The number of rotatable bonds is 6. The van der Waals surface area contributed by atoms with Gasteiger partial charge in [-0.15, -0.1) is 0 Å². The first-order valence-electron chi connectivity index (χ1n) is 15.7. The zero-order valence-electron chi connectivity index (χ0n) is 28.6. The van der Waals surface area contributed by atoms with Crippen LogP contribution in [0, 0.1) is 0 Å². The molecule has 4 aromatic rings. The Labute approximate surface area is 266 Å². The number of hydrogen-bond acceptors (Lipinski definition) is 1. The molecule has 3 heteroatoms. The standard InChI is InChI=1S/C40H52OSi2/c1-37(2,3)29-21-13-17-25-33(29)42(34-26-18-14-22-30(34)38(4,5)6)41-43(35-27-19-15-23-31(35)39(7,8)9)36-28-20-16-24-32(36)40(10,11)12/h13-28H,1-12H3. The molecule has 0 fully saturated rings. The first kappa shape index (κ1) is 33.2. The molecule has 4 rings (SSSR count). The van der Waals surface area contributed by atoms with Crippen LogP contribution in [0.25, 0.3) is 0 Å². The van der Waals surface area contributed by atoms with Crippen molar-refractivity contribution in [2.24, 2.45) is 0 Å². The lowest BCUT2D eigenvalue weighted by molar-refractivity contribution is 0.576. The molecule has 1 nitrogen and oxygen atoms in total. The van der Waals surface area contributed by atoms with Gasteiger partial charge in [0, 0.05) is 0 Å². The van der Waals surface area contributed by atoms with E-state index in [1.54, 1.807) is 0 Å². The highest BCUT2D eigenvalue weighted by Crippen LogP contribution is 2.27. The van der Waals surface area contributed by atoms with E-state index in [-0.39, 0.29) is 21.7 Å². The van der Waals surface area contributed by atoms with E-state index >= 15 is 0 Å². The summed E-state index contributed by atoms with van der Waals surface area (Å²) in [6.45, 7) is 28.0. The van der Waals surface area contributed by atoms with Crippen LogP contribution in [0.5, 0.6) is 0 Å². The molecule has 0 saturated carbocycles. The fourth-order valence-corrected chi connectivity index (χ4v) is 12.9. The molecular weight excluding hydrogens is 553 g/mol. The smallest absolute Gasteiger partial charge is 0.273 e. The minimum atomic E-state index is -1.69. The van der Waals surface area contributed by atoms with Crippen molar-refractivity contribution in [2.75, 3.05) is 0 Å². The summed E-state index contributed by atoms with van der Waals surface area (Å²) in [4.78, 5) is 0. The Morgan fingerprint density at radius 2 is 0.512 bits per heavy atom. The van der Waals surface area contributed by atoms with Gasteiger partial charge in [-0.05, 0) is 64.7 Å². The number of benzene rings is 4. The Kier molecular flexibility index (Phi) is 9.52. The van der Waals surface area contributed by atoms with Crippen LogP contribution in [0.1, 0.15) is 105 Å². The van der Waals surface area contributed by atoms with E-state index in [4.69, 9.17) is 4.12 Å². The maximum atomic E-state index is 7.94. The van der Waals surface area contributed by atoms with E-state index in [0.29, 0.717) is 0 Å². The molecule has 0 atom stereocenters. The molecule has 226 valence electrons. The van der Waals surface area contributed by atoms with Crippen LogP contribution in [0.4, 0.5) is 0 Å². The summed E-state index contributed by atoms with van der Waals surface area (Å²) < 4.78 is 7.94. The van der Waals surface area contributed by atoms with Gasteiger partial charge < -0.3 is 4.12 Å². The largest absolute Gasteiger partial charge is 0.442 e. The SMILES string of the molecule is CC(C)(C)c1ccccc1[Si](O[Si](c1ccccc1C(C)(C)C)c1ccccc1C(C)(C)C)c1ccccc1C(C)(C)C. The highest BCUT2D eigenvalue weighted by atomic mass is 28.4. The van der Waals surface area contributed by atoms with E-state index in [2.05, 4.69) is 180 Å². The van der Waals surface area contributed by atoms with Gasteiger partial charge in [0.15, 0.2) is 0 Å². The molecule has 0 aliphatic rings. The van der Waals surface area contributed by atoms with Gasteiger partial charge in [0.05, 0.1) is 0 Å². The molecule has 0 saturated heterocycles. The van der Waals surface area contributed by atoms with E-state index in [9.17, 15) is 0 Å². The average Bonchev–Trinajstić information content (AvgIpc) is 2.92. The monoisotopic (exact) mass is 604 g/mol. The van der Waals surface area contributed by atoms with Gasteiger partial charge in [0.1, 0.15) is 0 Å². The molecule has 0 N–H and O–H groups in total. The highest BCUT2D eigenvalue weighted by molar-refractivity contribution is 6.92. The molecule has 0 aliphatic heterocycles. The molecule has 0 heterocycles. The van der Waals surface area contributed by atoms with Gasteiger partial charge in [0.2, 0.25) is 0 Å². The highest BCUT2D eigenvalue weighted by Gasteiger charge is 2.38. The third kappa shape index (κ3) is 7.50. The van der Waals surface area contributed by atoms with Crippen molar-refractivity contribution in [1.82, 2.24) is 0 Å². The molecule has 0 spiro atoms. The van der Waals surface area contributed by atoms with Crippen LogP contribution in [0.15, 0.2) is 97.1 Å². The second kappa shape index (κ2) is 12.3. The van der Waals surface area contributed by atoms with Gasteiger partial charge in [-0.1, -0.05) is 180 Å². The lowest BCUT2D eigenvalue weighted by Crippen LogP contribution is -2.60. The zero-order valence-corrected chi connectivity index (χ0v) is 30.6. The lowest BCUT2D eigenvalue weighted by Gasteiger charge is -2.35. The summed E-state index contributed by atoms with van der Waals surface area (Å²) in [5.41, 5.74) is 5.48. The van der Waals surface area contributed by atoms with Crippen molar-refractivity contribution >= 4 is 38.8 Å². The topological polar surface area (TPSA) is 9.23 Å². The van der Waals surface area contributed by atoms with Gasteiger partial charge >= 0.3 is 0 Å². The van der Waals surface area contributed by atoms with Crippen molar-refractivity contribution in [2.45, 2.75) is 105 Å². The maximum absolute atomic E-state index is 7.94. The molecule has 43 heavy (non-hydrogen) atoms. The predicted molar refractivity (Wildman–Crippen MR) is 192 cm³/mol. The Morgan fingerprint density at radius 1 is 0.326 bits per heavy atom. The summed E-state index contributed by atoms with van der Waals surface area (Å²) in [6.07, 6.45) is 0. The van der Waals surface area contributed by atoms with Gasteiger partial charge in [0.25, 0.3) is 18.1 Å². The van der Waals surface area contributed by atoms with Crippen molar-refractivity contribution in [3.8, 4) is 0 Å². The second-order valence-corrected chi connectivity index (χ2v) is 20.2. The first-order valence-corrected chi connectivity index (χ1v) is 18.5. The van der Waals surface area contributed by atoms with Crippen LogP contribution in [0.3, 0.4) is 0 Å². The Balaban J connectivity index is 2.10. The second-order valence-electron chi connectivity index (χ2n) is 15.9. The Hall–Kier alpha value is -2.73. The zero-order chi connectivity index (χ0) is 31.8. The summed E-state index contributed by atoms with van der Waals surface area (Å²) >= 11 is 0. The van der Waals surface area contributed by atoms with Gasteiger partial charge in [-0.3, -0.25) is 0 Å². The molecule has 2 radical (unpaired) electrons. The summed E-state index contributed by atoms with van der Waals surface area (Å²) in [5.74, 6) is 0. The Bertz CT molecular complexity index is 1310. The maximum Gasteiger partial charge on any atom is 0.273 e. The van der Waals surface area contributed by atoms with E-state index in [1.165, 1.54) is 43.0 Å². The quantitative estimate of drug-likeness (QED) is 0.204. The van der Waals surface area contributed by atoms with Crippen molar-refractivity contribution in [1.29, 1.82) is 0 Å². The molecule has 0 amide bonds. The van der Waals surface area contributed by atoms with Gasteiger partial charge in [-0.25, -0.2) is 0 Å². The summed E-state index contributed by atoms with van der Waals surface area (Å²) in [5, 5.41) is 5.45. The third-order valence-corrected chi connectivity index (χ3v) is 13.5. The van der Waals surface area contributed by atoms with Crippen LogP contribution < -0.4 is 20.7 Å². The summed E-state index contributed by atoms with van der Waals surface area (Å²) in [7, 11) is -3.39. The van der Waals surface area contributed by atoms with Crippen molar-refractivity contribution < 1.29 is 4.12 Å². The molecule has 0 unspecified atom stereocenters. The van der Waals surface area contributed by atoms with E-state index in [0.717, 1.165) is 0 Å². The lowest BCUT2D eigenvalue weighted by atomic mass is 9.87. The molecule has 0 bridgehead atoms. The Morgan fingerprint density at radius 3 is 0.698 bits per heavy atom. The van der Waals surface area contributed by atoms with Crippen molar-refractivity contribution in [3.05, 3.63) is 119 Å². The first-order chi connectivity index (χ1) is 19.9. The fourth-order valence-electron chi connectivity index (χ4n) is 5.95. The van der Waals surface area contributed by atoms with E-state index < -0.39 is 18.1 Å². The molecule has 0 aromatic heterocycles. The van der Waals surface area contributed by atoms with Crippen LogP contribution in [-0.4, -0.2) is 18.1 Å². The average molecular weight is 605 g/mol. The van der Waals surface area contributed by atoms with E-state index in [1.807, 2.05) is 0 Å². The fraction of sp³-hybridized carbons (Fsp3) is 0.400. The normalized spacial score (nSPS) is 13.2. The third-order valence-electron chi connectivity index (χ3n) is 8.12. The van der Waals surface area contributed by atoms with Crippen LogP contribution in [0.2, 0.25) is 0 Å². The van der Waals surface area contributed by atoms with Crippen molar-refractivity contribution in [3.63, 3.8) is 0 Å². The molecule has 0 aliphatic carbocycles.